The summed E-state index contributed by atoms with van der Waals surface area (Å²) in [4.78, 5) is 29.5. The van der Waals surface area contributed by atoms with Gasteiger partial charge in [-0.2, -0.15) is 0 Å². The van der Waals surface area contributed by atoms with Crippen molar-refractivity contribution < 1.29 is 33.7 Å². The maximum atomic E-state index is 11.6. The summed E-state index contributed by atoms with van der Waals surface area (Å²) < 4.78 is 22.7. The molecule has 0 unspecified atom stereocenters. The van der Waals surface area contributed by atoms with Gasteiger partial charge in [-0.3, -0.25) is 9.36 Å². The van der Waals surface area contributed by atoms with Crippen LogP contribution in [0.3, 0.4) is 0 Å². The van der Waals surface area contributed by atoms with Crippen molar-refractivity contribution in [2.75, 3.05) is 0 Å². The summed E-state index contributed by atoms with van der Waals surface area (Å²) in [6.07, 6.45) is 0.498. The molecule has 0 spiro atoms. The molecule has 0 aromatic heterocycles. The Morgan fingerprint density at radius 2 is 1.26 bits per heavy atom. The van der Waals surface area contributed by atoms with Crippen molar-refractivity contribution in [2.45, 2.75) is 13.2 Å². The van der Waals surface area contributed by atoms with E-state index in [1.165, 1.54) is 12.1 Å². The van der Waals surface area contributed by atoms with Gasteiger partial charge in [0.05, 0.1) is 0 Å². The Labute approximate surface area is 179 Å². The van der Waals surface area contributed by atoms with Gasteiger partial charge < -0.3 is 24.4 Å². The summed E-state index contributed by atoms with van der Waals surface area (Å²) in [5, 5.41) is 10.3. The molecule has 0 saturated carbocycles. The zero-order valence-corrected chi connectivity index (χ0v) is 17.3. The molecule has 3 aromatic carbocycles. The molecule has 0 fully saturated rings. The van der Waals surface area contributed by atoms with Gasteiger partial charge in [0.15, 0.2) is 0 Å². The number of allylic oxidation sites excluding steroid dienone is 1. The molecule has 8 heteroatoms. The fraction of sp³-hybridized carbons (Fsp3) is 0.0870. The van der Waals surface area contributed by atoms with E-state index >= 15 is 0 Å². The van der Waals surface area contributed by atoms with Crippen molar-refractivity contribution in [1.82, 2.24) is 0 Å². The van der Waals surface area contributed by atoms with E-state index < -0.39 is 18.9 Å². The first-order chi connectivity index (χ1) is 14.8. The van der Waals surface area contributed by atoms with Crippen LogP contribution in [0.15, 0.2) is 84.9 Å². The second-order valence-electron chi connectivity index (χ2n) is 6.65. The van der Waals surface area contributed by atoms with Gasteiger partial charge in [-0.05, 0) is 23.3 Å². The molecule has 3 aromatic rings. The van der Waals surface area contributed by atoms with Gasteiger partial charge in [-0.25, -0.2) is 0 Å². The van der Waals surface area contributed by atoms with Crippen LogP contribution in [0.2, 0.25) is 0 Å². The lowest BCUT2D eigenvalue weighted by Crippen LogP contribution is -2.00. The number of rotatable bonds is 9. The molecule has 0 bridgehead atoms. The number of benzene rings is 3. The average molecular weight is 440 g/mol. The minimum atomic E-state index is -5.00. The molecule has 7 nitrogen and oxygen atoms in total. The second kappa shape index (κ2) is 10.1. The van der Waals surface area contributed by atoms with Crippen molar-refractivity contribution in [3.8, 4) is 11.5 Å². The number of aliphatic hydroxyl groups is 1. The number of carbonyl (C=O) groups excluding carboxylic acids is 1. The Bertz CT molecular complexity index is 1040. The predicted octanol–water partition coefficient (Wildman–Crippen LogP) is 4.45. The molecule has 3 rings (SSSR count). The van der Waals surface area contributed by atoms with Crippen LogP contribution in [-0.4, -0.2) is 20.4 Å². The first-order valence-corrected chi connectivity index (χ1v) is 10.9. The molecule has 0 aliphatic carbocycles. The van der Waals surface area contributed by atoms with Crippen molar-refractivity contribution in [3.63, 3.8) is 0 Å². The predicted molar refractivity (Wildman–Crippen MR) is 116 cm³/mol. The minimum absolute atomic E-state index is 0.121. The lowest BCUT2D eigenvalue weighted by atomic mass is 10.1. The summed E-state index contributed by atoms with van der Waals surface area (Å²) in [6, 6.07) is 23.4. The Kier molecular flexibility index (Phi) is 7.26. The topological polar surface area (TPSA) is 113 Å². The Hall–Kier alpha value is -3.38. The monoisotopic (exact) mass is 440 g/mol. The lowest BCUT2D eigenvalue weighted by molar-refractivity contribution is -0.109. The summed E-state index contributed by atoms with van der Waals surface area (Å²) in [5.74, 6) is 0.101. The van der Waals surface area contributed by atoms with Crippen LogP contribution >= 0.6 is 7.60 Å². The molecule has 0 amide bonds. The van der Waals surface area contributed by atoms with Crippen molar-refractivity contribution in [3.05, 3.63) is 102 Å². The number of hydrogen-bond acceptors (Lipinski definition) is 5. The number of hydrogen-bond donors (Lipinski definition) is 3. The summed E-state index contributed by atoms with van der Waals surface area (Å²) in [5.41, 5.74) is 0.481. The molecule has 160 valence electrons. The largest absolute Gasteiger partial charge is 0.507 e. The quantitative estimate of drug-likeness (QED) is 0.256. The van der Waals surface area contributed by atoms with Crippen molar-refractivity contribution >= 4 is 18.9 Å². The van der Waals surface area contributed by atoms with Gasteiger partial charge >= 0.3 is 7.60 Å². The molecule has 31 heavy (non-hydrogen) atoms. The van der Waals surface area contributed by atoms with Crippen molar-refractivity contribution in [2.24, 2.45) is 0 Å². The molecule has 0 saturated heterocycles. The Morgan fingerprint density at radius 1 is 0.806 bits per heavy atom. The maximum Gasteiger partial charge on any atom is 0.396 e. The van der Waals surface area contributed by atoms with E-state index in [-0.39, 0.29) is 18.8 Å². The van der Waals surface area contributed by atoms with E-state index in [2.05, 4.69) is 0 Å². The minimum Gasteiger partial charge on any atom is -0.507 e. The Balaban J connectivity index is 1.86. The first-order valence-electron chi connectivity index (χ1n) is 9.31. The third kappa shape index (κ3) is 6.83. The highest BCUT2D eigenvalue weighted by atomic mass is 31.2. The molecule has 0 aliphatic rings. The van der Waals surface area contributed by atoms with Crippen LogP contribution in [0.5, 0.6) is 11.5 Å². The zero-order valence-electron chi connectivity index (χ0n) is 16.4. The molecular weight excluding hydrogens is 419 g/mol. The summed E-state index contributed by atoms with van der Waals surface area (Å²) >= 11 is 0. The van der Waals surface area contributed by atoms with Gasteiger partial charge in [0, 0.05) is 17.7 Å². The maximum absolute atomic E-state index is 11.6. The third-order valence-electron chi connectivity index (χ3n) is 4.22. The fourth-order valence-electron chi connectivity index (χ4n) is 2.65. The number of carbonyl (C=O) groups is 1. The highest BCUT2D eigenvalue weighted by Gasteiger charge is 2.24. The van der Waals surface area contributed by atoms with E-state index in [9.17, 15) is 14.5 Å². The zero-order chi connectivity index (χ0) is 22.3. The fourth-order valence-corrected chi connectivity index (χ4v) is 2.94. The first kappa shape index (κ1) is 22.3. The second-order valence-corrected chi connectivity index (χ2v) is 8.18. The molecule has 0 atom stereocenters. The number of ether oxygens (including phenoxy) is 2. The van der Waals surface area contributed by atoms with Crippen LogP contribution in [0, 0.1) is 0 Å². The normalized spacial score (nSPS) is 11.7. The van der Waals surface area contributed by atoms with Crippen LogP contribution < -0.4 is 9.47 Å². The van der Waals surface area contributed by atoms with Crippen LogP contribution in [0.25, 0.3) is 5.76 Å². The lowest BCUT2D eigenvalue weighted by Gasteiger charge is -2.13. The molecule has 0 radical (unpaired) electrons. The molecule has 0 aliphatic heterocycles. The van der Waals surface area contributed by atoms with E-state index in [4.69, 9.17) is 19.3 Å². The standard InChI is InChI=1S/C23H21O7P/c24-22(14-23(25)31(26,27)28)19-11-20(29-15-17-7-3-1-4-8-17)13-21(12-19)30-16-18-9-5-2-6-10-18/h1-14,24H,15-16H2,(H2,26,27,28). The van der Waals surface area contributed by atoms with Gasteiger partial charge in [0.2, 0.25) is 0 Å². The highest BCUT2D eigenvalue weighted by molar-refractivity contribution is 7.70. The number of aliphatic hydroxyl groups excluding tert-OH is 1. The van der Waals surface area contributed by atoms with Gasteiger partial charge in [-0.1, -0.05) is 60.7 Å². The molecule has 0 heterocycles. The third-order valence-corrected chi connectivity index (χ3v) is 4.92. The van der Waals surface area contributed by atoms with E-state index in [1.807, 2.05) is 60.7 Å². The average Bonchev–Trinajstić information content (AvgIpc) is 2.77. The van der Waals surface area contributed by atoms with Crippen molar-refractivity contribution in [1.29, 1.82) is 0 Å². The molecule has 3 N–H and O–H groups in total. The van der Waals surface area contributed by atoms with E-state index in [0.29, 0.717) is 17.6 Å². The Morgan fingerprint density at radius 3 is 1.68 bits per heavy atom. The van der Waals surface area contributed by atoms with Crippen LogP contribution in [0.1, 0.15) is 16.7 Å². The van der Waals surface area contributed by atoms with E-state index in [1.54, 1.807) is 6.07 Å². The molecular formula is C23H21O7P. The van der Waals surface area contributed by atoms with Gasteiger partial charge in [-0.15, -0.1) is 0 Å². The van der Waals surface area contributed by atoms with Gasteiger partial charge in [0.1, 0.15) is 30.5 Å². The summed E-state index contributed by atoms with van der Waals surface area (Å²) in [6.45, 7) is 0.516. The van der Waals surface area contributed by atoms with Crippen LogP contribution in [0.4, 0.5) is 0 Å². The van der Waals surface area contributed by atoms with E-state index in [0.717, 1.165) is 11.1 Å². The SMILES string of the molecule is O=C(C=C(O)c1cc(OCc2ccccc2)cc(OCc2ccccc2)c1)P(=O)(O)O. The summed E-state index contributed by atoms with van der Waals surface area (Å²) in [7, 11) is -5.00. The smallest absolute Gasteiger partial charge is 0.396 e. The van der Waals surface area contributed by atoms with Gasteiger partial charge in [0.25, 0.3) is 5.52 Å². The highest BCUT2D eigenvalue weighted by Crippen LogP contribution is 2.37. The van der Waals surface area contributed by atoms with Crippen LogP contribution in [-0.2, 0) is 22.6 Å².